The Morgan fingerprint density at radius 1 is 1.09 bits per heavy atom. The molecule has 2 aliphatic rings. The van der Waals surface area contributed by atoms with Crippen molar-refractivity contribution in [3.8, 4) is 0 Å². The predicted molar refractivity (Wildman–Crippen MR) is 125 cm³/mol. The maximum Gasteiger partial charge on any atom is 0.326 e. The van der Waals surface area contributed by atoms with Crippen LogP contribution in [-0.2, 0) is 25.6 Å². The van der Waals surface area contributed by atoms with Gasteiger partial charge in [-0.1, -0.05) is 18.2 Å². The smallest absolute Gasteiger partial charge is 0.326 e. The minimum absolute atomic E-state index is 0.200. The number of aromatic nitrogens is 1. The van der Waals surface area contributed by atoms with E-state index in [4.69, 9.17) is 5.73 Å². The van der Waals surface area contributed by atoms with Gasteiger partial charge in [0.2, 0.25) is 17.7 Å². The van der Waals surface area contributed by atoms with E-state index >= 15 is 0 Å². The van der Waals surface area contributed by atoms with Crippen LogP contribution in [0.15, 0.2) is 30.5 Å². The minimum Gasteiger partial charge on any atom is -0.480 e. The molecule has 0 saturated carbocycles. The summed E-state index contributed by atoms with van der Waals surface area (Å²) in [5.74, 6) is -2.20. The first-order valence-corrected chi connectivity index (χ1v) is 11.7. The number of carbonyl (C=O) groups is 4. The number of para-hydroxylation sites is 1. The van der Waals surface area contributed by atoms with Crippen molar-refractivity contribution in [2.75, 3.05) is 13.1 Å². The van der Waals surface area contributed by atoms with Crippen molar-refractivity contribution in [2.45, 2.75) is 63.2 Å². The van der Waals surface area contributed by atoms with Crippen molar-refractivity contribution in [3.63, 3.8) is 0 Å². The number of H-pyrrole nitrogens is 1. The van der Waals surface area contributed by atoms with E-state index in [1.54, 1.807) is 13.1 Å². The molecule has 10 nitrogen and oxygen atoms in total. The Morgan fingerprint density at radius 3 is 2.41 bits per heavy atom. The highest BCUT2D eigenvalue weighted by Gasteiger charge is 2.40. The quantitative estimate of drug-likeness (QED) is 0.467. The maximum atomic E-state index is 13.5. The average molecular weight is 470 g/mol. The van der Waals surface area contributed by atoms with Gasteiger partial charge in [0.25, 0.3) is 0 Å². The number of aliphatic carboxylic acids is 1. The number of nitrogens with zero attached hydrogens (tertiary/aromatic N) is 2. The van der Waals surface area contributed by atoms with Crippen LogP contribution in [0.4, 0.5) is 0 Å². The Hall–Kier alpha value is -3.40. The molecule has 2 aliphatic heterocycles. The third-order valence-electron chi connectivity index (χ3n) is 6.76. The molecule has 3 amide bonds. The molecule has 0 bridgehead atoms. The lowest BCUT2D eigenvalue weighted by molar-refractivity contribution is -0.149. The normalized spacial score (nSPS) is 22.1. The van der Waals surface area contributed by atoms with Gasteiger partial charge in [-0.25, -0.2) is 4.79 Å². The van der Waals surface area contributed by atoms with Gasteiger partial charge in [-0.2, -0.15) is 0 Å². The fraction of sp³-hybridized carbons (Fsp3) is 0.500. The van der Waals surface area contributed by atoms with Crippen molar-refractivity contribution in [2.24, 2.45) is 5.73 Å². The van der Waals surface area contributed by atoms with Crippen LogP contribution in [0.3, 0.4) is 0 Å². The Kier molecular flexibility index (Phi) is 6.87. The molecule has 0 radical (unpaired) electrons. The van der Waals surface area contributed by atoms with E-state index in [0.29, 0.717) is 38.8 Å². The number of hydrogen-bond donors (Lipinski definition) is 4. The van der Waals surface area contributed by atoms with Crippen LogP contribution in [0.2, 0.25) is 0 Å². The minimum atomic E-state index is -1.05. The van der Waals surface area contributed by atoms with Gasteiger partial charge < -0.3 is 30.9 Å². The number of hydrogen-bond acceptors (Lipinski definition) is 5. The molecule has 34 heavy (non-hydrogen) atoms. The molecule has 3 heterocycles. The van der Waals surface area contributed by atoms with Crippen LogP contribution >= 0.6 is 0 Å². The zero-order valence-electron chi connectivity index (χ0n) is 19.2. The molecule has 2 fully saturated rings. The second-order valence-corrected chi connectivity index (χ2v) is 9.13. The monoisotopic (exact) mass is 469 g/mol. The van der Waals surface area contributed by atoms with Crippen LogP contribution < -0.4 is 11.1 Å². The number of benzene rings is 1. The molecule has 2 aromatic rings. The number of rotatable bonds is 7. The lowest BCUT2D eigenvalue weighted by Crippen LogP contribution is -2.57. The Labute approximate surface area is 197 Å². The summed E-state index contributed by atoms with van der Waals surface area (Å²) in [5.41, 5.74) is 7.50. The number of fused-ring (bicyclic) bond motifs is 1. The van der Waals surface area contributed by atoms with Gasteiger partial charge in [0.1, 0.15) is 18.1 Å². The van der Waals surface area contributed by atoms with Crippen molar-refractivity contribution in [1.82, 2.24) is 20.1 Å². The molecular weight excluding hydrogens is 438 g/mol. The molecule has 0 aliphatic carbocycles. The SMILES string of the molecule is CC(N)C(=O)N1CCCC1C(=O)NC(Cc1c[nH]c2ccccc12)C(=O)N1CCCC1C(=O)O. The molecule has 10 heteroatoms. The molecule has 0 spiro atoms. The molecule has 1 aromatic heterocycles. The van der Waals surface area contributed by atoms with Crippen LogP contribution in [-0.4, -0.2) is 80.8 Å². The fourth-order valence-corrected chi connectivity index (χ4v) is 5.04. The second-order valence-electron chi connectivity index (χ2n) is 9.13. The van der Waals surface area contributed by atoms with E-state index in [-0.39, 0.29) is 12.3 Å². The van der Waals surface area contributed by atoms with Crippen LogP contribution in [0.5, 0.6) is 0 Å². The van der Waals surface area contributed by atoms with Gasteiger partial charge >= 0.3 is 5.97 Å². The van der Waals surface area contributed by atoms with Crippen molar-refractivity contribution < 1.29 is 24.3 Å². The molecular formula is C24H31N5O5. The largest absolute Gasteiger partial charge is 0.480 e. The lowest BCUT2D eigenvalue weighted by atomic mass is 10.0. The third-order valence-corrected chi connectivity index (χ3v) is 6.76. The van der Waals surface area contributed by atoms with Gasteiger partial charge in [0.15, 0.2) is 0 Å². The number of nitrogens with two attached hydrogens (primary N) is 1. The summed E-state index contributed by atoms with van der Waals surface area (Å²) in [5, 5.41) is 13.4. The van der Waals surface area contributed by atoms with E-state index in [1.165, 1.54) is 9.80 Å². The molecule has 4 unspecified atom stereocenters. The van der Waals surface area contributed by atoms with Gasteiger partial charge in [0, 0.05) is 36.6 Å². The van der Waals surface area contributed by atoms with E-state index in [0.717, 1.165) is 16.5 Å². The van der Waals surface area contributed by atoms with Gasteiger partial charge in [-0.15, -0.1) is 0 Å². The molecule has 182 valence electrons. The summed E-state index contributed by atoms with van der Waals surface area (Å²) >= 11 is 0. The van der Waals surface area contributed by atoms with Gasteiger partial charge in [-0.05, 0) is 44.2 Å². The number of nitrogens with one attached hydrogen (secondary N) is 2. The standard InChI is InChI=1S/C24H31N5O5/c1-14(25)22(31)28-10-4-8-19(28)21(30)27-18(23(32)29-11-5-9-20(29)24(33)34)12-15-13-26-17-7-3-2-6-16(15)17/h2-3,6-7,13-14,18-20,26H,4-5,8-12,25H2,1H3,(H,27,30)(H,33,34). The van der Waals surface area contributed by atoms with E-state index < -0.39 is 42.0 Å². The van der Waals surface area contributed by atoms with Crippen LogP contribution in [0, 0.1) is 0 Å². The predicted octanol–water partition coefficient (Wildman–Crippen LogP) is 0.609. The van der Waals surface area contributed by atoms with Crippen molar-refractivity contribution >= 4 is 34.6 Å². The zero-order chi connectivity index (χ0) is 24.4. The number of carbonyl (C=O) groups excluding carboxylic acids is 3. The average Bonchev–Trinajstić information content (AvgIpc) is 3.57. The van der Waals surface area contributed by atoms with Crippen molar-refractivity contribution in [3.05, 3.63) is 36.0 Å². The topological polar surface area (TPSA) is 149 Å². The number of carboxylic acids is 1. The summed E-state index contributed by atoms with van der Waals surface area (Å²) < 4.78 is 0. The van der Waals surface area contributed by atoms with E-state index in [1.807, 2.05) is 24.3 Å². The summed E-state index contributed by atoms with van der Waals surface area (Å²) in [6.45, 7) is 2.35. The first-order chi connectivity index (χ1) is 16.3. The number of aromatic amines is 1. The highest BCUT2D eigenvalue weighted by molar-refractivity contribution is 5.95. The van der Waals surface area contributed by atoms with Gasteiger partial charge in [-0.3, -0.25) is 14.4 Å². The first-order valence-electron chi connectivity index (χ1n) is 11.7. The Bertz CT molecular complexity index is 1100. The second kappa shape index (κ2) is 9.84. The summed E-state index contributed by atoms with van der Waals surface area (Å²) in [6.07, 6.45) is 4.14. The molecule has 4 rings (SSSR count). The van der Waals surface area contributed by atoms with Crippen molar-refractivity contribution in [1.29, 1.82) is 0 Å². The molecule has 1 aromatic carbocycles. The van der Waals surface area contributed by atoms with E-state index in [9.17, 15) is 24.3 Å². The number of likely N-dealkylation sites (tertiary alicyclic amines) is 2. The maximum absolute atomic E-state index is 13.5. The Balaban J connectivity index is 1.59. The summed E-state index contributed by atoms with van der Waals surface area (Å²) in [6, 6.07) is 4.36. The third kappa shape index (κ3) is 4.63. The zero-order valence-corrected chi connectivity index (χ0v) is 19.2. The summed E-state index contributed by atoms with van der Waals surface area (Å²) in [7, 11) is 0. The molecule has 4 atom stereocenters. The number of amides is 3. The van der Waals surface area contributed by atoms with Crippen LogP contribution in [0.25, 0.3) is 10.9 Å². The summed E-state index contributed by atoms with van der Waals surface area (Å²) in [4.78, 5) is 57.0. The molecule has 5 N–H and O–H groups in total. The fourth-order valence-electron chi connectivity index (χ4n) is 5.04. The van der Waals surface area contributed by atoms with Crippen LogP contribution in [0.1, 0.15) is 38.2 Å². The highest BCUT2D eigenvalue weighted by Crippen LogP contribution is 2.24. The number of carboxylic acid groups (broad SMARTS) is 1. The lowest BCUT2D eigenvalue weighted by Gasteiger charge is -2.30. The first kappa shape index (κ1) is 23.7. The highest BCUT2D eigenvalue weighted by atomic mass is 16.4. The molecule has 2 saturated heterocycles. The van der Waals surface area contributed by atoms with Gasteiger partial charge in [0.05, 0.1) is 6.04 Å². The Morgan fingerprint density at radius 2 is 1.74 bits per heavy atom. The van der Waals surface area contributed by atoms with E-state index in [2.05, 4.69) is 10.3 Å².